The Bertz CT molecular complexity index is 400. The van der Waals surface area contributed by atoms with Gasteiger partial charge in [-0.25, -0.2) is 0 Å². The van der Waals surface area contributed by atoms with Crippen LogP contribution in [0.5, 0.6) is 0 Å². The van der Waals surface area contributed by atoms with Crippen LogP contribution >= 0.6 is 0 Å². The summed E-state index contributed by atoms with van der Waals surface area (Å²) in [5.41, 5.74) is 9.75. The molecule has 1 aromatic carbocycles. The molecule has 2 rings (SSSR count). The van der Waals surface area contributed by atoms with E-state index in [0.717, 1.165) is 18.5 Å². The number of rotatable bonds is 3. The van der Waals surface area contributed by atoms with Crippen molar-refractivity contribution in [2.75, 3.05) is 6.54 Å². The van der Waals surface area contributed by atoms with E-state index in [0.29, 0.717) is 6.54 Å². The molecule has 2 nitrogen and oxygen atoms in total. The zero-order valence-electron chi connectivity index (χ0n) is 11.9. The van der Waals surface area contributed by atoms with Crippen molar-refractivity contribution < 1.29 is 0 Å². The van der Waals surface area contributed by atoms with Crippen molar-refractivity contribution in [2.24, 2.45) is 11.7 Å². The average Bonchev–Trinajstić information content (AvgIpc) is 2.36. The molecule has 2 heteroatoms. The van der Waals surface area contributed by atoms with Crippen molar-refractivity contribution in [3.05, 3.63) is 34.9 Å². The number of nitrogens with two attached hydrogens (primary N) is 1. The fourth-order valence-corrected chi connectivity index (χ4v) is 2.88. The van der Waals surface area contributed by atoms with Crippen LogP contribution in [0.4, 0.5) is 0 Å². The molecule has 1 saturated heterocycles. The molecule has 0 radical (unpaired) electrons. The van der Waals surface area contributed by atoms with Crippen LogP contribution in [0.25, 0.3) is 0 Å². The first-order valence-electron chi connectivity index (χ1n) is 7.12. The number of nitrogens with zero attached hydrogens (tertiary/aromatic N) is 1. The van der Waals surface area contributed by atoms with Gasteiger partial charge in [-0.3, -0.25) is 4.90 Å². The molecular weight excluding hydrogens is 220 g/mol. The van der Waals surface area contributed by atoms with Gasteiger partial charge >= 0.3 is 0 Å². The maximum absolute atomic E-state index is 5.68. The van der Waals surface area contributed by atoms with Crippen LogP contribution in [0.3, 0.4) is 0 Å². The molecule has 0 saturated carbocycles. The number of piperidine rings is 1. The highest BCUT2D eigenvalue weighted by Gasteiger charge is 2.22. The number of likely N-dealkylation sites (tertiary alicyclic amines) is 1. The van der Waals surface area contributed by atoms with Crippen molar-refractivity contribution in [3.63, 3.8) is 0 Å². The van der Waals surface area contributed by atoms with Crippen molar-refractivity contribution in [2.45, 2.75) is 52.7 Å². The molecule has 1 aromatic rings. The van der Waals surface area contributed by atoms with Gasteiger partial charge in [-0.15, -0.1) is 0 Å². The Kier molecular flexibility index (Phi) is 4.41. The second-order valence-electron chi connectivity index (χ2n) is 5.93. The monoisotopic (exact) mass is 246 g/mol. The summed E-state index contributed by atoms with van der Waals surface area (Å²) >= 11 is 0. The molecule has 0 amide bonds. The first-order chi connectivity index (χ1) is 8.60. The van der Waals surface area contributed by atoms with E-state index in [9.17, 15) is 0 Å². The van der Waals surface area contributed by atoms with Crippen LogP contribution in [-0.2, 0) is 13.1 Å². The summed E-state index contributed by atoms with van der Waals surface area (Å²) < 4.78 is 0. The van der Waals surface area contributed by atoms with Gasteiger partial charge in [-0.2, -0.15) is 0 Å². The lowest BCUT2D eigenvalue weighted by Crippen LogP contribution is -2.40. The Balaban J connectivity index is 2.08. The Morgan fingerprint density at radius 1 is 1.28 bits per heavy atom. The van der Waals surface area contributed by atoms with Gasteiger partial charge in [0.25, 0.3) is 0 Å². The molecule has 0 bridgehead atoms. The maximum Gasteiger partial charge on any atom is 0.0239 e. The lowest BCUT2D eigenvalue weighted by molar-refractivity contribution is 0.117. The fourth-order valence-electron chi connectivity index (χ4n) is 2.88. The van der Waals surface area contributed by atoms with E-state index in [-0.39, 0.29) is 0 Å². The topological polar surface area (TPSA) is 29.3 Å². The first kappa shape index (κ1) is 13.6. The normalized spacial score (nSPS) is 25.3. The highest BCUT2D eigenvalue weighted by molar-refractivity contribution is 5.31. The molecule has 2 unspecified atom stereocenters. The molecule has 2 atom stereocenters. The van der Waals surface area contributed by atoms with Crippen LogP contribution in [0, 0.1) is 12.8 Å². The molecule has 0 aliphatic carbocycles. The highest BCUT2D eigenvalue weighted by atomic mass is 15.2. The number of hydrogen-bond donors (Lipinski definition) is 1. The van der Waals surface area contributed by atoms with Gasteiger partial charge < -0.3 is 5.73 Å². The molecule has 1 aliphatic heterocycles. The molecule has 0 spiro atoms. The van der Waals surface area contributed by atoms with Crippen molar-refractivity contribution >= 4 is 0 Å². The third-order valence-electron chi connectivity index (χ3n) is 4.26. The van der Waals surface area contributed by atoms with Crippen LogP contribution < -0.4 is 5.73 Å². The summed E-state index contributed by atoms with van der Waals surface area (Å²) in [6.45, 7) is 9.88. The summed E-state index contributed by atoms with van der Waals surface area (Å²) in [6, 6.07) is 7.37. The first-order valence-corrected chi connectivity index (χ1v) is 7.12. The van der Waals surface area contributed by atoms with E-state index in [4.69, 9.17) is 5.73 Å². The van der Waals surface area contributed by atoms with E-state index in [2.05, 4.69) is 43.9 Å². The lowest BCUT2D eigenvalue weighted by Gasteiger charge is -2.37. The quantitative estimate of drug-likeness (QED) is 0.888. The van der Waals surface area contributed by atoms with E-state index < -0.39 is 0 Å². The minimum absolute atomic E-state index is 0.637. The van der Waals surface area contributed by atoms with Gasteiger partial charge in [0.15, 0.2) is 0 Å². The molecule has 0 aromatic heterocycles. The predicted molar refractivity (Wildman–Crippen MR) is 77.3 cm³/mol. The molecule has 1 heterocycles. The fraction of sp³-hybridized carbons (Fsp3) is 0.625. The SMILES string of the molecule is Cc1cc(CN)ccc1CN1CC(C)CCC1C. The highest BCUT2D eigenvalue weighted by Crippen LogP contribution is 2.24. The van der Waals surface area contributed by atoms with E-state index in [1.807, 2.05) is 0 Å². The smallest absolute Gasteiger partial charge is 0.0239 e. The van der Waals surface area contributed by atoms with Gasteiger partial charge in [0, 0.05) is 25.7 Å². The van der Waals surface area contributed by atoms with E-state index in [1.165, 1.54) is 36.1 Å². The summed E-state index contributed by atoms with van der Waals surface area (Å²) in [7, 11) is 0. The van der Waals surface area contributed by atoms with Gasteiger partial charge in [0.05, 0.1) is 0 Å². The van der Waals surface area contributed by atoms with Gasteiger partial charge in [0.2, 0.25) is 0 Å². The second-order valence-corrected chi connectivity index (χ2v) is 5.93. The van der Waals surface area contributed by atoms with Gasteiger partial charge in [-0.05, 0) is 49.3 Å². The standard InChI is InChI=1S/C16H26N2/c1-12-4-5-14(3)18(10-12)11-16-7-6-15(9-17)8-13(16)2/h6-8,12,14H,4-5,9-11,17H2,1-3H3. The Labute approximate surface area is 111 Å². The van der Waals surface area contributed by atoms with Crippen LogP contribution in [-0.4, -0.2) is 17.5 Å². The maximum atomic E-state index is 5.68. The summed E-state index contributed by atoms with van der Waals surface area (Å²) in [5, 5.41) is 0. The van der Waals surface area contributed by atoms with Crippen LogP contribution in [0.15, 0.2) is 18.2 Å². The Morgan fingerprint density at radius 2 is 2.06 bits per heavy atom. The summed E-state index contributed by atoms with van der Waals surface area (Å²) in [6.07, 6.45) is 2.71. The molecule has 1 fully saturated rings. The summed E-state index contributed by atoms with van der Waals surface area (Å²) in [4.78, 5) is 2.62. The number of aryl methyl sites for hydroxylation is 1. The molecule has 18 heavy (non-hydrogen) atoms. The molecule has 2 N–H and O–H groups in total. The minimum atomic E-state index is 0.637. The third kappa shape index (κ3) is 3.12. The average molecular weight is 246 g/mol. The van der Waals surface area contributed by atoms with Crippen molar-refractivity contribution in [1.82, 2.24) is 4.90 Å². The van der Waals surface area contributed by atoms with Crippen molar-refractivity contribution in [3.8, 4) is 0 Å². The zero-order chi connectivity index (χ0) is 13.1. The minimum Gasteiger partial charge on any atom is -0.326 e. The third-order valence-corrected chi connectivity index (χ3v) is 4.26. The number of benzene rings is 1. The Morgan fingerprint density at radius 3 is 2.72 bits per heavy atom. The lowest BCUT2D eigenvalue weighted by atomic mass is 9.94. The molecule has 1 aliphatic rings. The predicted octanol–water partition coefficient (Wildman–Crippen LogP) is 3.07. The molecule has 100 valence electrons. The van der Waals surface area contributed by atoms with Crippen LogP contribution in [0.2, 0.25) is 0 Å². The summed E-state index contributed by atoms with van der Waals surface area (Å²) in [5.74, 6) is 0.838. The second kappa shape index (κ2) is 5.85. The number of hydrogen-bond acceptors (Lipinski definition) is 2. The van der Waals surface area contributed by atoms with Crippen molar-refractivity contribution in [1.29, 1.82) is 0 Å². The Hall–Kier alpha value is -0.860. The zero-order valence-corrected chi connectivity index (χ0v) is 11.9. The van der Waals surface area contributed by atoms with E-state index in [1.54, 1.807) is 0 Å². The van der Waals surface area contributed by atoms with Gasteiger partial charge in [0.1, 0.15) is 0 Å². The molecular formula is C16H26N2. The largest absolute Gasteiger partial charge is 0.326 e. The van der Waals surface area contributed by atoms with Crippen LogP contribution in [0.1, 0.15) is 43.4 Å². The van der Waals surface area contributed by atoms with E-state index >= 15 is 0 Å². The van der Waals surface area contributed by atoms with Gasteiger partial charge in [-0.1, -0.05) is 25.1 Å².